The molecule has 0 spiro atoms. The van der Waals surface area contributed by atoms with Gasteiger partial charge in [0.15, 0.2) is 5.17 Å². The molecular weight excluding hydrogens is 386 g/mol. The van der Waals surface area contributed by atoms with Crippen LogP contribution in [0.1, 0.15) is 5.56 Å². The minimum atomic E-state index is -3.70. The zero-order valence-electron chi connectivity index (χ0n) is 14.1. The van der Waals surface area contributed by atoms with E-state index in [9.17, 15) is 18.3 Å². The number of aromatic hydroxyl groups is 1. The Morgan fingerprint density at radius 3 is 2.56 bits per heavy atom. The molecule has 1 aliphatic rings. The maximum absolute atomic E-state index is 12.3. The van der Waals surface area contributed by atoms with Crippen LogP contribution in [0.5, 0.6) is 5.75 Å². The normalized spacial score (nSPS) is 14.1. The number of nitrogens with one attached hydrogen (secondary N) is 2. The van der Waals surface area contributed by atoms with E-state index in [4.69, 9.17) is 0 Å². The predicted octanol–water partition coefficient (Wildman–Crippen LogP) is 2.43. The molecule has 140 valence electrons. The average Bonchev–Trinajstić information content (AvgIpc) is 3.14. The zero-order chi connectivity index (χ0) is 19.3. The Hall–Kier alpha value is -2.78. The summed E-state index contributed by atoms with van der Waals surface area (Å²) in [6.07, 6.45) is 2.78. The van der Waals surface area contributed by atoms with Crippen molar-refractivity contribution >= 4 is 44.6 Å². The Labute approximate surface area is 161 Å². The smallest absolute Gasteiger partial charge is 0.263 e. The van der Waals surface area contributed by atoms with Crippen LogP contribution in [0.4, 0.5) is 5.69 Å². The highest BCUT2D eigenvalue weighted by atomic mass is 32.2. The van der Waals surface area contributed by atoms with E-state index in [0.29, 0.717) is 23.0 Å². The Balaban J connectivity index is 1.63. The first kappa shape index (κ1) is 19.0. The van der Waals surface area contributed by atoms with Crippen molar-refractivity contribution in [2.45, 2.75) is 4.90 Å². The summed E-state index contributed by atoms with van der Waals surface area (Å²) < 4.78 is 27.0. The molecule has 0 unspecified atom stereocenters. The third-order valence-corrected chi connectivity index (χ3v) is 5.97. The van der Waals surface area contributed by atoms with Gasteiger partial charge in [-0.1, -0.05) is 30.0 Å². The maximum Gasteiger partial charge on any atom is 0.263 e. The van der Waals surface area contributed by atoms with Crippen molar-refractivity contribution in [2.75, 3.05) is 17.6 Å². The SMILES string of the molecule is O=C(/C=C/c1ccccc1O)Nc1ccc(S(=O)(=O)NC2=NCCS2)cc1. The number of carbonyl (C=O) groups excluding carboxylic acids is 1. The van der Waals surface area contributed by atoms with Crippen molar-refractivity contribution in [3.8, 4) is 5.75 Å². The van der Waals surface area contributed by atoms with Gasteiger partial charge in [-0.2, -0.15) is 0 Å². The molecule has 1 amide bonds. The molecule has 0 radical (unpaired) electrons. The quantitative estimate of drug-likeness (QED) is 0.665. The zero-order valence-corrected chi connectivity index (χ0v) is 15.8. The van der Waals surface area contributed by atoms with E-state index in [-0.39, 0.29) is 10.6 Å². The van der Waals surface area contributed by atoms with Crippen LogP contribution in [0.3, 0.4) is 0 Å². The van der Waals surface area contributed by atoms with Gasteiger partial charge in [0.2, 0.25) is 5.91 Å². The molecule has 0 aromatic heterocycles. The van der Waals surface area contributed by atoms with E-state index in [0.717, 1.165) is 5.75 Å². The minimum Gasteiger partial charge on any atom is -0.507 e. The van der Waals surface area contributed by atoms with Gasteiger partial charge in [-0.05, 0) is 36.4 Å². The fraction of sp³-hybridized carbons (Fsp3) is 0.111. The number of carbonyl (C=O) groups is 1. The Morgan fingerprint density at radius 1 is 1.15 bits per heavy atom. The van der Waals surface area contributed by atoms with E-state index in [1.54, 1.807) is 18.2 Å². The third-order valence-electron chi connectivity index (χ3n) is 3.59. The summed E-state index contributed by atoms with van der Waals surface area (Å²) >= 11 is 1.36. The number of phenolic OH excluding ortho intramolecular Hbond substituents is 1. The van der Waals surface area contributed by atoms with Crippen molar-refractivity contribution in [1.29, 1.82) is 0 Å². The van der Waals surface area contributed by atoms with Gasteiger partial charge < -0.3 is 10.4 Å². The van der Waals surface area contributed by atoms with Gasteiger partial charge in [-0.15, -0.1) is 0 Å². The topological polar surface area (TPSA) is 108 Å². The van der Waals surface area contributed by atoms with Crippen molar-refractivity contribution in [2.24, 2.45) is 4.99 Å². The number of amidine groups is 1. The molecule has 1 aliphatic heterocycles. The fourth-order valence-corrected chi connectivity index (χ4v) is 4.30. The van der Waals surface area contributed by atoms with Crippen molar-refractivity contribution in [3.63, 3.8) is 0 Å². The highest BCUT2D eigenvalue weighted by molar-refractivity contribution is 8.15. The lowest BCUT2D eigenvalue weighted by Crippen LogP contribution is -2.27. The van der Waals surface area contributed by atoms with Crippen LogP contribution in [0.25, 0.3) is 6.08 Å². The number of hydrogen-bond acceptors (Lipinski definition) is 6. The van der Waals surface area contributed by atoms with Crippen LogP contribution in [0, 0.1) is 0 Å². The second-order valence-corrected chi connectivity index (χ2v) is 8.31. The molecule has 0 atom stereocenters. The first-order chi connectivity index (χ1) is 12.9. The summed E-state index contributed by atoms with van der Waals surface area (Å²) in [6.45, 7) is 0.599. The third kappa shape index (κ3) is 5.11. The van der Waals surface area contributed by atoms with Gasteiger partial charge in [0, 0.05) is 23.1 Å². The highest BCUT2D eigenvalue weighted by Crippen LogP contribution is 2.18. The number of amides is 1. The summed E-state index contributed by atoms with van der Waals surface area (Å²) in [5.41, 5.74) is 0.973. The number of para-hydroxylation sites is 1. The molecule has 0 saturated heterocycles. The molecule has 0 fully saturated rings. The van der Waals surface area contributed by atoms with Gasteiger partial charge in [0.05, 0.1) is 11.4 Å². The van der Waals surface area contributed by atoms with Crippen molar-refractivity contribution < 1.29 is 18.3 Å². The summed E-state index contributed by atoms with van der Waals surface area (Å²) in [5, 5.41) is 12.7. The number of benzene rings is 2. The second kappa shape index (κ2) is 8.28. The molecule has 9 heteroatoms. The summed E-state index contributed by atoms with van der Waals surface area (Å²) in [7, 11) is -3.70. The molecule has 27 heavy (non-hydrogen) atoms. The van der Waals surface area contributed by atoms with Gasteiger partial charge >= 0.3 is 0 Å². The number of sulfonamides is 1. The van der Waals surface area contributed by atoms with Crippen molar-refractivity contribution in [1.82, 2.24) is 4.72 Å². The maximum atomic E-state index is 12.3. The average molecular weight is 403 g/mol. The second-order valence-electron chi connectivity index (χ2n) is 5.55. The summed E-state index contributed by atoms with van der Waals surface area (Å²) in [6, 6.07) is 12.5. The highest BCUT2D eigenvalue weighted by Gasteiger charge is 2.18. The molecule has 1 heterocycles. The molecule has 7 nitrogen and oxygen atoms in total. The standard InChI is InChI=1S/C18H17N3O4S2/c22-16-4-2-1-3-13(16)5-10-17(23)20-14-6-8-15(9-7-14)27(24,25)21-18-19-11-12-26-18/h1-10,22H,11-12H2,(H,19,21)(H,20,23)/b10-5+. The molecule has 0 aliphatic carbocycles. The van der Waals surface area contributed by atoms with Crippen LogP contribution in [0.15, 0.2) is 64.5 Å². The minimum absolute atomic E-state index is 0.0774. The van der Waals surface area contributed by atoms with Crippen LogP contribution in [-0.4, -0.2) is 36.9 Å². The Kier molecular flexibility index (Phi) is 5.82. The van der Waals surface area contributed by atoms with Gasteiger partial charge in [0.25, 0.3) is 10.0 Å². The number of hydrogen-bond donors (Lipinski definition) is 3. The number of aliphatic imine (C=N–C) groups is 1. The first-order valence-corrected chi connectivity index (χ1v) is 10.5. The molecule has 0 bridgehead atoms. The van der Waals surface area contributed by atoms with Crippen molar-refractivity contribution in [3.05, 3.63) is 60.2 Å². The van der Waals surface area contributed by atoms with Crippen LogP contribution < -0.4 is 10.0 Å². The number of nitrogens with zero attached hydrogens (tertiary/aromatic N) is 1. The Bertz CT molecular complexity index is 1000. The van der Waals surface area contributed by atoms with Gasteiger partial charge in [-0.3, -0.25) is 14.5 Å². The van der Waals surface area contributed by atoms with E-state index in [1.165, 1.54) is 54.2 Å². The lowest BCUT2D eigenvalue weighted by atomic mass is 10.2. The van der Waals surface area contributed by atoms with E-state index >= 15 is 0 Å². The van der Waals surface area contributed by atoms with Gasteiger partial charge in [-0.25, -0.2) is 8.42 Å². The van der Waals surface area contributed by atoms with E-state index < -0.39 is 15.9 Å². The summed E-state index contributed by atoms with van der Waals surface area (Å²) in [4.78, 5) is 16.1. The monoisotopic (exact) mass is 403 g/mol. The molecule has 3 N–H and O–H groups in total. The van der Waals surface area contributed by atoms with Crippen LogP contribution in [-0.2, 0) is 14.8 Å². The number of rotatable bonds is 5. The first-order valence-electron chi connectivity index (χ1n) is 8.01. The lowest BCUT2D eigenvalue weighted by molar-refractivity contribution is -0.111. The van der Waals surface area contributed by atoms with Crippen LogP contribution in [0.2, 0.25) is 0 Å². The predicted molar refractivity (Wildman–Crippen MR) is 107 cm³/mol. The lowest BCUT2D eigenvalue weighted by Gasteiger charge is -2.08. The number of thioether (sulfide) groups is 1. The molecule has 3 rings (SSSR count). The van der Waals surface area contributed by atoms with E-state index in [1.807, 2.05) is 0 Å². The Morgan fingerprint density at radius 2 is 1.89 bits per heavy atom. The van der Waals surface area contributed by atoms with Gasteiger partial charge in [0.1, 0.15) is 5.75 Å². The molecule has 2 aromatic carbocycles. The number of phenols is 1. The molecular formula is C18H17N3O4S2. The summed E-state index contributed by atoms with van der Waals surface area (Å²) in [5.74, 6) is 0.439. The molecule has 2 aromatic rings. The number of anilines is 1. The fourth-order valence-electron chi connectivity index (χ4n) is 2.27. The molecule has 0 saturated carbocycles. The van der Waals surface area contributed by atoms with Crippen LogP contribution >= 0.6 is 11.8 Å². The largest absolute Gasteiger partial charge is 0.507 e. The van der Waals surface area contributed by atoms with E-state index in [2.05, 4.69) is 15.0 Å².